The van der Waals surface area contributed by atoms with Gasteiger partial charge in [0.25, 0.3) is 6.43 Å². The molecule has 0 spiro atoms. The van der Waals surface area contributed by atoms with E-state index in [4.69, 9.17) is 5.73 Å². The van der Waals surface area contributed by atoms with Crippen LogP contribution < -0.4 is 5.73 Å². The number of aliphatic imine (C=N–C) groups is 1. The summed E-state index contributed by atoms with van der Waals surface area (Å²) in [5.41, 5.74) is 4.36. The average molecular weight is 446 g/mol. The van der Waals surface area contributed by atoms with Gasteiger partial charge in [0.15, 0.2) is 17.5 Å². The number of nitrogens with two attached hydrogens (primary N) is 1. The average Bonchev–Trinajstić information content (AvgIpc) is 2.71. The molecule has 0 saturated carbocycles. The van der Waals surface area contributed by atoms with Crippen molar-refractivity contribution in [3.05, 3.63) is 75.7 Å². The number of rotatable bonds is 7. The molecule has 0 aliphatic heterocycles. The van der Waals surface area contributed by atoms with Crippen molar-refractivity contribution < 1.29 is 30.7 Å². The lowest BCUT2D eigenvalue weighted by Crippen LogP contribution is -2.18. The first-order valence-corrected chi connectivity index (χ1v) is 9.40. The zero-order chi connectivity index (χ0) is 23.5. The first-order chi connectivity index (χ1) is 14.5. The summed E-state index contributed by atoms with van der Waals surface area (Å²) >= 11 is 0. The van der Waals surface area contributed by atoms with Crippen LogP contribution in [-0.2, 0) is 0 Å². The van der Waals surface area contributed by atoms with Crippen LogP contribution in [0.2, 0.25) is 0 Å². The number of alkyl halides is 2. The minimum atomic E-state index is -3.06. The third kappa shape index (κ3) is 5.65. The molecule has 0 bridgehead atoms. The summed E-state index contributed by atoms with van der Waals surface area (Å²) < 4.78 is 94.9. The highest BCUT2D eigenvalue weighted by atomic mass is 19.3. The summed E-state index contributed by atoms with van der Waals surface area (Å²) in [6, 6.07) is 3.45. The van der Waals surface area contributed by atoms with E-state index in [0.717, 1.165) is 24.3 Å². The number of halogens is 7. The van der Waals surface area contributed by atoms with Crippen molar-refractivity contribution in [3.8, 4) is 0 Å². The summed E-state index contributed by atoms with van der Waals surface area (Å²) in [6.07, 6.45) is -3.20. The third-order valence-corrected chi connectivity index (χ3v) is 4.88. The topological polar surface area (TPSA) is 38.4 Å². The fourth-order valence-electron chi connectivity index (χ4n) is 3.03. The van der Waals surface area contributed by atoms with Crippen LogP contribution in [0.25, 0.3) is 0 Å². The third-order valence-electron chi connectivity index (χ3n) is 4.88. The molecule has 0 amide bonds. The summed E-state index contributed by atoms with van der Waals surface area (Å²) in [6.45, 7) is 4.31. The lowest BCUT2D eigenvalue weighted by atomic mass is 9.89. The largest absolute Gasteiger partial charge is 0.397 e. The van der Waals surface area contributed by atoms with Gasteiger partial charge in [-0.2, -0.15) is 0 Å². The normalized spacial score (nSPS) is 14.1. The fourth-order valence-corrected chi connectivity index (χ4v) is 3.03. The molecule has 0 aromatic heterocycles. The van der Waals surface area contributed by atoms with E-state index in [1.165, 1.54) is 13.8 Å². The zero-order valence-corrected chi connectivity index (χ0v) is 17.0. The minimum Gasteiger partial charge on any atom is -0.397 e. The highest BCUT2D eigenvalue weighted by molar-refractivity contribution is 6.02. The van der Waals surface area contributed by atoms with Crippen molar-refractivity contribution in [3.63, 3.8) is 0 Å². The SMILES string of the molecule is CCC(=Nc1cc(F)c(C)c(F)c1)/C(CC(C)c1cc(F)c(F)c(F)c1)=C(\N)C(F)F. The van der Waals surface area contributed by atoms with E-state index in [1.54, 1.807) is 6.92 Å². The van der Waals surface area contributed by atoms with Gasteiger partial charge in [0.05, 0.1) is 11.4 Å². The van der Waals surface area contributed by atoms with Crippen LogP contribution >= 0.6 is 0 Å². The standard InChI is InChI=1S/C22H21F7N2/c1-4-19(31-13-8-15(23)11(3)16(24)9-13)14(21(30)22(28)29)5-10(2)12-6-17(25)20(27)18(26)7-12/h6-10,22H,4-5,30H2,1-3H3/b21-14-,31-19?. The Hall–Kier alpha value is -2.84. The zero-order valence-electron chi connectivity index (χ0n) is 17.0. The molecule has 2 rings (SSSR count). The molecule has 0 saturated heterocycles. The molecule has 2 N–H and O–H groups in total. The molecule has 2 nitrogen and oxygen atoms in total. The molecule has 168 valence electrons. The van der Waals surface area contributed by atoms with E-state index >= 15 is 0 Å². The Kier molecular flexibility index (Phi) is 7.86. The summed E-state index contributed by atoms with van der Waals surface area (Å²) in [5, 5.41) is 0. The Morgan fingerprint density at radius 3 is 1.90 bits per heavy atom. The van der Waals surface area contributed by atoms with E-state index in [0.29, 0.717) is 0 Å². The van der Waals surface area contributed by atoms with Crippen LogP contribution in [0.15, 0.2) is 40.5 Å². The predicted molar refractivity (Wildman–Crippen MR) is 105 cm³/mol. The Balaban J connectivity index is 2.52. The van der Waals surface area contributed by atoms with E-state index in [1.807, 2.05) is 0 Å². The molecule has 0 aliphatic rings. The molecular weight excluding hydrogens is 425 g/mol. The van der Waals surface area contributed by atoms with Crippen molar-refractivity contribution in [1.29, 1.82) is 0 Å². The fraction of sp³-hybridized carbons (Fsp3) is 0.318. The maximum atomic E-state index is 13.9. The molecule has 1 atom stereocenters. The second-order valence-electron chi connectivity index (χ2n) is 7.08. The number of benzene rings is 2. The molecule has 0 aliphatic carbocycles. The molecule has 0 heterocycles. The van der Waals surface area contributed by atoms with E-state index in [9.17, 15) is 30.7 Å². The van der Waals surface area contributed by atoms with Crippen LogP contribution in [0, 0.1) is 36.0 Å². The maximum Gasteiger partial charge on any atom is 0.278 e. The molecule has 31 heavy (non-hydrogen) atoms. The van der Waals surface area contributed by atoms with E-state index in [-0.39, 0.29) is 40.9 Å². The first-order valence-electron chi connectivity index (χ1n) is 9.40. The first kappa shape index (κ1) is 24.4. The Labute approximate surface area is 175 Å². The van der Waals surface area contributed by atoms with Gasteiger partial charge in [0.1, 0.15) is 11.6 Å². The number of allylic oxidation sites excluding steroid dienone is 2. The Morgan fingerprint density at radius 2 is 1.45 bits per heavy atom. The van der Waals surface area contributed by atoms with Gasteiger partial charge in [0.2, 0.25) is 0 Å². The number of nitrogens with zero attached hydrogens (tertiary/aromatic N) is 1. The molecular formula is C22H21F7N2. The van der Waals surface area contributed by atoms with Crippen LogP contribution in [0.4, 0.5) is 36.4 Å². The second-order valence-corrected chi connectivity index (χ2v) is 7.08. The quantitative estimate of drug-likeness (QED) is 0.282. The van der Waals surface area contributed by atoms with Crippen molar-refractivity contribution in [1.82, 2.24) is 0 Å². The van der Waals surface area contributed by atoms with Crippen LogP contribution in [0.3, 0.4) is 0 Å². The van der Waals surface area contributed by atoms with Crippen molar-refractivity contribution in [2.45, 2.75) is 46.0 Å². The molecule has 9 heteroatoms. The Bertz CT molecular complexity index is 983. The van der Waals surface area contributed by atoms with E-state index < -0.39 is 47.1 Å². The molecule has 2 aromatic carbocycles. The highest BCUT2D eigenvalue weighted by Crippen LogP contribution is 2.30. The summed E-state index contributed by atoms with van der Waals surface area (Å²) in [5.74, 6) is -6.93. The number of hydrogen-bond donors (Lipinski definition) is 1. The van der Waals surface area contributed by atoms with Gasteiger partial charge >= 0.3 is 0 Å². The molecule has 0 fully saturated rings. The molecule has 0 radical (unpaired) electrons. The summed E-state index contributed by atoms with van der Waals surface area (Å²) in [7, 11) is 0. The highest BCUT2D eigenvalue weighted by Gasteiger charge is 2.22. The molecule has 2 aromatic rings. The maximum absolute atomic E-state index is 13.9. The van der Waals surface area contributed by atoms with Gasteiger partial charge in [-0.25, -0.2) is 30.7 Å². The van der Waals surface area contributed by atoms with Crippen LogP contribution in [0.5, 0.6) is 0 Å². The van der Waals surface area contributed by atoms with Crippen LogP contribution in [-0.4, -0.2) is 12.1 Å². The monoisotopic (exact) mass is 446 g/mol. The predicted octanol–water partition coefficient (Wildman–Crippen LogP) is 6.84. The summed E-state index contributed by atoms with van der Waals surface area (Å²) in [4.78, 5) is 4.10. The van der Waals surface area contributed by atoms with Gasteiger partial charge in [-0.3, -0.25) is 4.99 Å². The minimum absolute atomic E-state index is 0.0267. The second kappa shape index (κ2) is 9.98. The van der Waals surface area contributed by atoms with Gasteiger partial charge in [0, 0.05) is 11.3 Å². The van der Waals surface area contributed by atoms with Crippen LogP contribution in [0.1, 0.15) is 43.7 Å². The van der Waals surface area contributed by atoms with Crippen molar-refractivity contribution in [2.75, 3.05) is 0 Å². The van der Waals surface area contributed by atoms with E-state index in [2.05, 4.69) is 4.99 Å². The van der Waals surface area contributed by atoms with Gasteiger partial charge in [-0.05, 0) is 61.1 Å². The van der Waals surface area contributed by atoms with Gasteiger partial charge in [-0.15, -0.1) is 0 Å². The van der Waals surface area contributed by atoms with Crippen molar-refractivity contribution >= 4 is 11.4 Å². The lowest BCUT2D eigenvalue weighted by Gasteiger charge is -2.19. The smallest absolute Gasteiger partial charge is 0.278 e. The Morgan fingerprint density at radius 1 is 0.935 bits per heavy atom. The van der Waals surface area contributed by atoms with Gasteiger partial charge < -0.3 is 5.73 Å². The number of hydrogen-bond acceptors (Lipinski definition) is 2. The van der Waals surface area contributed by atoms with Crippen molar-refractivity contribution in [2.24, 2.45) is 10.7 Å². The lowest BCUT2D eigenvalue weighted by molar-refractivity contribution is 0.186. The van der Waals surface area contributed by atoms with Gasteiger partial charge in [-0.1, -0.05) is 13.8 Å². The molecule has 1 unspecified atom stereocenters.